The van der Waals surface area contributed by atoms with Gasteiger partial charge >= 0.3 is 0 Å². The summed E-state index contributed by atoms with van der Waals surface area (Å²) in [6.45, 7) is 3.65. The Morgan fingerprint density at radius 2 is 2.24 bits per heavy atom. The highest BCUT2D eigenvalue weighted by atomic mass is 32.1. The molecule has 0 aliphatic rings. The molecule has 0 radical (unpaired) electrons. The normalized spacial score (nSPS) is 10.2. The minimum Gasteiger partial charge on any atom is -0.472 e. The second kappa shape index (κ2) is 6.25. The van der Waals surface area contributed by atoms with Crippen molar-refractivity contribution < 1.29 is 4.74 Å². The molecule has 17 heavy (non-hydrogen) atoms. The van der Waals surface area contributed by atoms with E-state index >= 15 is 0 Å². The van der Waals surface area contributed by atoms with E-state index in [1.807, 2.05) is 29.6 Å². The van der Waals surface area contributed by atoms with Crippen LogP contribution in [0.2, 0.25) is 0 Å². The van der Waals surface area contributed by atoms with E-state index < -0.39 is 0 Å². The van der Waals surface area contributed by atoms with Crippen LogP contribution in [-0.4, -0.2) is 11.5 Å². The van der Waals surface area contributed by atoms with Gasteiger partial charge in [-0.15, -0.1) is 11.3 Å². The fourth-order valence-corrected chi connectivity index (χ4v) is 2.00. The third-order valence-electron chi connectivity index (χ3n) is 2.22. The van der Waals surface area contributed by atoms with Gasteiger partial charge in [-0.1, -0.05) is 19.1 Å². The molecule has 2 aromatic rings. The van der Waals surface area contributed by atoms with E-state index in [0.717, 1.165) is 18.8 Å². The van der Waals surface area contributed by atoms with Gasteiger partial charge in [0, 0.05) is 17.5 Å². The smallest absolute Gasteiger partial charge is 0.215 e. The van der Waals surface area contributed by atoms with Crippen molar-refractivity contribution in [3.05, 3.63) is 40.6 Å². The molecule has 3 nitrogen and oxygen atoms in total. The number of ether oxygens (including phenoxy) is 1. The number of anilines is 1. The van der Waals surface area contributed by atoms with E-state index in [1.54, 1.807) is 11.3 Å². The van der Waals surface area contributed by atoms with E-state index in [1.165, 1.54) is 4.88 Å². The van der Waals surface area contributed by atoms with Crippen molar-refractivity contribution in [1.82, 2.24) is 4.98 Å². The van der Waals surface area contributed by atoms with E-state index in [0.29, 0.717) is 12.5 Å². The molecule has 0 spiro atoms. The predicted octanol–water partition coefficient (Wildman–Crippen LogP) is 3.54. The zero-order chi connectivity index (χ0) is 11.9. The summed E-state index contributed by atoms with van der Waals surface area (Å²) in [5.74, 6) is 1.54. The molecule has 0 aliphatic heterocycles. The molecule has 90 valence electrons. The van der Waals surface area contributed by atoms with Crippen LogP contribution in [0.15, 0.2) is 35.7 Å². The fraction of sp³-hybridized carbons (Fsp3) is 0.308. The molecule has 1 N–H and O–H groups in total. The molecular weight excluding hydrogens is 232 g/mol. The molecule has 0 aliphatic carbocycles. The lowest BCUT2D eigenvalue weighted by molar-refractivity contribution is 0.298. The lowest BCUT2D eigenvalue weighted by Gasteiger charge is -2.07. The third kappa shape index (κ3) is 3.75. The monoisotopic (exact) mass is 248 g/mol. The van der Waals surface area contributed by atoms with Gasteiger partial charge < -0.3 is 10.1 Å². The summed E-state index contributed by atoms with van der Waals surface area (Å²) in [7, 11) is 0. The maximum Gasteiger partial charge on any atom is 0.215 e. The molecule has 2 heterocycles. The number of hydrogen-bond donors (Lipinski definition) is 1. The predicted molar refractivity (Wildman–Crippen MR) is 71.7 cm³/mol. The average molecular weight is 248 g/mol. The first kappa shape index (κ1) is 11.9. The van der Waals surface area contributed by atoms with Gasteiger partial charge in [0.25, 0.3) is 0 Å². The molecular formula is C13H16N2OS. The number of rotatable bonds is 6. The van der Waals surface area contributed by atoms with Crippen LogP contribution in [0, 0.1) is 0 Å². The van der Waals surface area contributed by atoms with Crippen LogP contribution in [0.4, 0.5) is 5.82 Å². The van der Waals surface area contributed by atoms with Crippen molar-refractivity contribution in [1.29, 1.82) is 0 Å². The van der Waals surface area contributed by atoms with Crippen LogP contribution < -0.4 is 10.1 Å². The highest BCUT2D eigenvalue weighted by molar-refractivity contribution is 7.09. The Morgan fingerprint density at radius 3 is 3.00 bits per heavy atom. The summed E-state index contributed by atoms with van der Waals surface area (Å²) in [5, 5.41) is 5.29. The molecule has 4 heteroatoms. The van der Waals surface area contributed by atoms with Gasteiger partial charge in [-0.3, -0.25) is 0 Å². The number of thiophene rings is 1. The zero-order valence-electron chi connectivity index (χ0n) is 9.85. The largest absolute Gasteiger partial charge is 0.472 e. The van der Waals surface area contributed by atoms with Gasteiger partial charge in [0.2, 0.25) is 5.88 Å². The fourth-order valence-electron chi connectivity index (χ4n) is 1.39. The molecule has 2 rings (SSSR count). The number of aromatic nitrogens is 1. The maximum absolute atomic E-state index is 5.63. The second-order valence-electron chi connectivity index (χ2n) is 3.66. The van der Waals surface area contributed by atoms with Gasteiger partial charge in [-0.05, 0) is 23.9 Å². The standard InChI is InChI=1S/C13H16N2OS/c1-2-8-14-12-6-3-7-13(15-12)16-10-11-5-4-9-17-11/h3-7,9H,2,8,10H2,1H3,(H,14,15). The van der Waals surface area contributed by atoms with Gasteiger partial charge in [-0.2, -0.15) is 4.98 Å². The van der Waals surface area contributed by atoms with Gasteiger partial charge in [0.05, 0.1) is 0 Å². The highest BCUT2D eigenvalue weighted by Crippen LogP contribution is 2.15. The minimum absolute atomic E-state index is 0.585. The Hall–Kier alpha value is -1.55. The summed E-state index contributed by atoms with van der Waals surface area (Å²) in [5.41, 5.74) is 0. The topological polar surface area (TPSA) is 34.1 Å². The molecule has 0 saturated heterocycles. The Balaban J connectivity index is 1.91. The van der Waals surface area contributed by atoms with Crippen LogP contribution in [0.25, 0.3) is 0 Å². The van der Waals surface area contributed by atoms with E-state index in [2.05, 4.69) is 23.3 Å². The molecule has 0 saturated carbocycles. The Bertz CT molecular complexity index is 442. The van der Waals surface area contributed by atoms with Crippen molar-refractivity contribution in [2.24, 2.45) is 0 Å². The van der Waals surface area contributed by atoms with Crippen molar-refractivity contribution in [3.63, 3.8) is 0 Å². The third-order valence-corrected chi connectivity index (χ3v) is 3.07. The number of hydrogen-bond acceptors (Lipinski definition) is 4. The molecule has 0 bridgehead atoms. The Labute approximate surface area is 105 Å². The number of nitrogens with one attached hydrogen (secondary N) is 1. The lowest BCUT2D eigenvalue weighted by atomic mass is 10.4. The quantitative estimate of drug-likeness (QED) is 0.849. The van der Waals surface area contributed by atoms with Crippen molar-refractivity contribution in [2.75, 3.05) is 11.9 Å². The lowest BCUT2D eigenvalue weighted by Crippen LogP contribution is -2.03. The SMILES string of the molecule is CCCNc1cccc(OCc2cccs2)n1. The van der Waals surface area contributed by atoms with Crippen LogP contribution >= 0.6 is 11.3 Å². The molecule has 0 fully saturated rings. The Morgan fingerprint density at radius 1 is 1.29 bits per heavy atom. The van der Waals surface area contributed by atoms with E-state index in [4.69, 9.17) is 4.74 Å². The summed E-state index contributed by atoms with van der Waals surface area (Å²) in [6.07, 6.45) is 1.09. The van der Waals surface area contributed by atoms with Crippen molar-refractivity contribution in [2.45, 2.75) is 20.0 Å². The summed E-state index contributed by atoms with van der Waals surface area (Å²) >= 11 is 1.69. The van der Waals surface area contributed by atoms with Crippen molar-refractivity contribution in [3.8, 4) is 5.88 Å². The van der Waals surface area contributed by atoms with Gasteiger partial charge in [0.1, 0.15) is 12.4 Å². The van der Waals surface area contributed by atoms with Crippen LogP contribution in [0.5, 0.6) is 5.88 Å². The molecule has 0 atom stereocenters. The molecule has 0 amide bonds. The minimum atomic E-state index is 0.585. The first-order valence-corrected chi connectivity index (χ1v) is 6.62. The molecule has 0 unspecified atom stereocenters. The summed E-state index contributed by atoms with van der Waals surface area (Å²) in [6, 6.07) is 9.87. The van der Waals surface area contributed by atoms with Gasteiger partial charge in [-0.25, -0.2) is 0 Å². The summed E-state index contributed by atoms with van der Waals surface area (Å²) < 4.78 is 5.63. The summed E-state index contributed by atoms with van der Waals surface area (Å²) in [4.78, 5) is 5.59. The maximum atomic E-state index is 5.63. The first-order chi connectivity index (χ1) is 8.38. The Kier molecular flexibility index (Phi) is 4.38. The average Bonchev–Trinajstić information content (AvgIpc) is 2.87. The molecule has 0 aromatic carbocycles. The first-order valence-electron chi connectivity index (χ1n) is 5.74. The zero-order valence-corrected chi connectivity index (χ0v) is 10.7. The van der Waals surface area contributed by atoms with E-state index in [-0.39, 0.29) is 0 Å². The van der Waals surface area contributed by atoms with Crippen molar-refractivity contribution >= 4 is 17.2 Å². The highest BCUT2D eigenvalue weighted by Gasteiger charge is 1.99. The van der Waals surface area contributed by atoms with Crippen LogP contribution in [-0.2, 0) is 6.61 Å². The van der Waals surface area contributed by atoms with Crippen LogP contribution in [0.3, 0.4) is 0 Å². The number of pyridine rings is 1. The second-order valence-corrected chi connectivity index (χ2v) is 4.69. The molecule has 2 aromatic heterocycles. The van der Waals surface area contributed by atoms with Gasteiger partial charge in [0.15, 0.2) is 0 Å². The number of nitrogens with zero attached hydrogens (tertiary/aromatic N) is 1. The van der Waals surface area contributed by atoms with E-state index in [9.17, 15) is 0 Å². The van der Waals surface area contributed by atoms with Crippen LogP contribution in [0.1, 0.15) is 18.2 Å².